The van der Waals surface area contributed by atoms with Crippen LogP contribution in [0.5, 0.6) is 0 Å². The van der Waals surface area contributed by atoms with E-state index in [2.05, 4.69) is 9.97 Å². The molecule has 1 heterocycles. The van der Waals surface area contributed by atoms with Crippen molar-refractivity contribution in [1.29, 1.82) is 0 Å². The number of hydrogen-bond acceptors (Lipinski definition) is 4. The second-order valence-corrected chi connectivity index (χ2v) is 2.42. The number of aromatic nitrogens is 2. The van der Waals surface area contributed by atoms with Crippen molar-refractivity contribution < 1.29 is 5.11 Å². The summed E-state index contributed by atoms with van der Waals surface area (Å²) in [5.74, 6) is 0.140. The highest BCUT2D eigenvalue weighted by molar-refractivity contribution is 6.30. The molecule has 0 unspecified atom stereocenters. The third kappa shape index (κ3) is 2.18. The van der Waals surface area contributed by atoms with Crippen molar-refractivity contribution in [3.05, 3.63) is 23.0 Å². The van der Waals surface area contributed by atoms with E-state index in [0.717, 1.165) is 0 Å². The third-order valence-electron chi connectivity index (χ3n) is 1.19. The average molecular weight is 186 g/mol. The first kappa shape index (κ1) is 8.96. The summed E-state index contributed by atoms with van der Waals surface area (Å²) in [4.78, 5) is 7.47. The molecule has 0 saturated carbocycles. The topological polar surface area (TPSA) is 72.0 Å². The van der Waals surface area contributed by atoms with Gasteiger partial charge in [0.25, 0.3) is 0 Å². The van der Waals surface area contributed by atoms with Crippen molar-refractivity contribution in [2.45, 2.75) is 0 Å². The fourth-order valence-corrected chi connectivity index (χ4v) is 0.873. The van der Waals surface area contributed by atoms with E-state index in [9.17, 15) is 0 Å². The third-order valence-corrected chi connectivity index (χ3v) is 1.49. The van der Waals surface area contributed by atoms with Gasteiger partial charge in [0.15, 0.2) is 0 Å². The van der Waals surface area contributed by atoms with Crippen molar-refractivity contribution in [2.75, 3.05) is 12.3 Å². The summed E-state index contributed by atoms with van der Waals surface area (Å²) >= 11 is 5.70. The van der Waals surface area contributed by atoms with E-state index in [1.807, 2.05) is 0 Å². The molecule has 1 aromatic rings. The van der Waals surface area contributed by atoms with E-state index in [-0.39, 0.29) is 17.7 Å². The number of anilines is 1. The van der Waals surface area contributed by atoms with Gasteiger partial charge >= 0.3 is 0 Å². The molecule has 0 radical (unpaired) electrons. The molecule has 0 aliphatic rings. The van der Waals surface area contributed by atoms with Crippen LogP contribution in [-0.2, 0) is 0 Å². The summed E-state index contributed by atoms with van der Waals surface area (Å²) in [5, 5.41) is 8.76. The van der Waals surface area contributed by atoms with Crippen molar-refractivity contribution >= 4 is 23.6 Å². The first-order chi connectivity index (χ1) is 5.74. The van der Waals surface area contributed by atoms with Gasteiger partial charge < -0.3 is 10.8 Å². The van der Waals surface area contributed by atoms with E-state index in [1.54, 1.807) is 12.2 Å². The molecule has 0 fully saturated rings. The van der Waals surface area contributed by atoms with Crippen LogP contribution in [0.4, 0.5) is 5.95 Å². The maximum Gasteiger partial charge on any atom is 0.221 e. The zero-order chi connectivity index (χ0) is 8.97. The van der Waals surface area contributed by atoms with Gasteiger partial charge in [-0.15, -0.1) is 0 Å². The molecular weight excluding hydrogens is 178 g/mol. The molecule has 0 aliphatic heterocycles. The molecule has 64 valence electrons. The largest absolute Gasteiger partial charge is 0.392 e. The van der Waals surface area contributed by atoms with Crippen LogP contribution >= 0.6 is 11.6 Å². The minimum absolute atomic E-state index is 0.0410. The van der Waals surface area contributed by atoms with Crippen LogP contribution in [0.25, 0.3) is 6.08 Å². The Hall–Kier alpha value is -1.13. The Bertz CT molecular complexity index is 301. The Morgan fingerprint density at radius 3 is 3.00 bits per heavy atom. The van der Waals surface area contributed by atoms with Gasteiger partial charge in [-0.05, 0) is 0 Å². The molecular formula is C7H8ClN3O. The molecule has 4 nitrogen and oxygen atoms in total. The molecule has 12 heavy (non-hydrogen) atoms. The van der Waals surface area contributed by atoms with Gasteiger partial charge in [-0.3, -0.25) is 0 Å². The van der Waals surface area contributed by atoms with Gasteiger partial charge in [-0.1, -0.05) is 23.8 Å². The quantitative estimate of drug-likeness (QED) is 0.666. The van der Waals surface area contributed by atoms with E-state index in [0.29, 0.717) is 5.56 Å². The van der Waals surface area contributed by atoms with Gasteiger partial charge in [-0.2, -0.15) is 0 Å². The number of rotatable bonds is 2. The molecule has 0 aliphatic carbocycles. The first-order valence-electron chi connectivity index (χ1n) is 3.29. The normalized spacial score (nSPS) is 10.8. The van der Waals surface area contributed by atoms with E-state index < -0.39 is 0 Å². The van der Waals surface area contributed by atoms with Gasteiger partial charge in [0.05, 0.1) is 6.61 Å². The summed E-state index contributed by atoms with van der Waals surface area (Å²) in [6.07, 6.45) is 4.67. The lowest BCUT2D eigenvalue weighted by Crippen LogP contribution is -1.95. The van der Waals surface area contributed by atoms with Crippen LogP contribution in [0, 0.1) is 0 Å². The minimum atomic E-state index is -0.0410. The average Bonchev–Trinajstić information content (AvgIpc) is 2.03. The number of nitrogens with two attached hydrogens (primary N) is 1. The lowest BCUT2D eigenvalue weighted by atomic mass is 10.3. The van der Waals surface area contributed by atoms with Gasteiger partial charge in [0.2, 0.25) is 5.95 Å². The Morgan fingerprint density at radius 1 is 1.67 bits per heavy atom. The molecule has 1 aromatic heterocycles. The Morgan fingerprint density at radius 2 is 2.42 bits per heavy atom. The molecule has 3 N–H and O–H groups in total. The monoisotopic (exact) mass is 185 g/mol. The van der Waals surface area contributed by atoms with E-state index in [4.69, 9.17) is 22.4 Å². The van der Waals surface area contributed by atoms with E-state index >= 15 is 0 Å². The molecule has 0 aromatic carbocycles. The van der Waals surface area contributed by atoms with Crippen LogP contribution in [0.1, 0.15) is 5.56 Å². The lowest BCUT2D eigenvalue weighted by molar-refractivity contribution is 0.343. The molecule has 0 spiro atoms. The number of hydrogen-bond donors (Lipinski definition) is 2. The number of halogens is 1. The van der Waals surface area contributed by atoms with Crippen molar-refractivity contribution in [2.24, 2.45) is 0 Å². The zero-order valence-electron chi connectivity index (χ0n) is 6.24. The fourth-order valence-electron chi connectivity index (χ4n) is 0.674. The molecule has 1 rings (SSSR count). The lowest BCUT2D eigenvalue weighted by Gasteiger charge is -1.96. The highest BCUT2D eigenvalue weighted by atomic mass is 35.5. The predicted octanol–water partition coefficient (Wildman–Crippen LogP) is 0.718. The van der Waals surface area contributed by atoms with Crippen molar-refractivity contribution in [3.63, 3.8) is 0 Å². The summed E-state index contributed by atoms with van der Waals surface area (Å²) in [7, 11) is 0. The number of aliphatic hydroxyl groups excluding tert-OH is 1. The summed E-state index contributed by atoms with van der Waals surface area (Å²) in [6.45, 7) is -0.0410. The van der Waals surface area contributed by atoms with Gasteiger partial charge in [-0.25, -0.2) is 9.97 Å². The Kier molecular flexibility index (Phi) is 3.01. The fraction of sp³-hybridized carbons (Fsp3) is 0.143. The zero-order valence-corrected chi connectivity index (χ0v) is 6.99. The molecule has 0 saturated heterocycles. The predicted molar refractivity (Wildman–Crippen MR) is 47.6 cm³/mol. The molecule has 0 atom stereocenters. The smallest absolute Gasteiger partial charge is 0.221 e. The molecule has 5 heteroatoms. The number of nitrogens with zero attached hydrogens (tertiary/aromatic N) is 2. The van der Waals surface area contributed by atoms with Crippen LogP contribution in [0.15, 0.2) is 12.3 Å². The first-order valence-corrected chi connectivity index (χ1v) is 3.67. The van der Waals surface area contributed by atoms with Crippen LogP contribution in [0.2, 0.25) is 5.15 Å². The standard InChI is InChI=1S/C7H8ClN3O/c8-6-5(2-1-3-12)4-10-7(9)11-6/h1-2,4,12H,3H2,(H2,9,10,11). The minimum Gasteiger partial charge on any atom is -0.392 e. The maximum atomic E-state index is 8.48. The van der Waals surface area contributed by atoms with Gasteiger partial charge in [0.1, 0.15) is 5.15 Å². The van der Waals surface area contributed by atoms with Gasteiger partial charge in [0, 0.05) is 11.8 Å². The summed E-state index contributed by atoms with van der Waals surface area (Å²) < 4.78 is 0. The highest BCUT2D eigenvalue weighted by Gasteiger charge is 1.98. The second-order valence-electron chi connectivity index (χ2n) is 2.06. The number of aliphatic hydroxyl groups is 1. The van der Waals surface area contributed by atoms with Crippen LogP contribution in [-0.4, -0.2) is 21.7 Å². The Balaban J connectivity index is 2.94. The summed E-state index contributed by atoms with van der Waals surface area (Å²) in [6, 6.07) is 0. The maximum absolute atomic E-state index is 8.48. The second kappa shape index (κ2) is 4.04. The van der Waals surface area contributed by atoms with Crippen molar-refractivity contribution in [3.8, 4) is 0 Å². The Labute approximate surface area is 74.7 Å². The SMILES string of the molecule is Nc1ncc(C=CCO)c(Cl)n1. The van der Waals surface area contributed by atoms with E-state index in [1.165, 1.54) is 6.20 Å². The molecule has 0 bridgehead atoms. The van der Waals surface area contributed by atoms with Crippen LogP contribution < -0.4 is 5.73 Å². The molecule has 0 amide bonds. The summed E-state index contributed by atoms with van der Waals surface area (Å²) in [5.41, 5.74) is 5.91. The van der Waals surface area contributed by atoms with Crippen LogP contribution in [0.3, 0.4) is 0 Å². The number of nitrogen functional groups attached to an aromatic ring is 1. The van der Waals surface area contributed by atoms with Crippen molar-refractivity contribution in [1.82, 2.24) is 9.97 Å². The highest BCUT2D eigenvalue weighted by Crippen LogP contribution is 2.13.